The zero-order valence-electron chi connectivity index (χ0n) is 11.5. The summed E-state index contributed by atoms with van der Waals surface area (Å²) in [5.74, 6) is 0.425. The Morgan fingerprint density at radius 2 is 2.05 bits per heavy atom. The number of amides is 1. The highest BCUT2D eigenvalue weighted by molar-refractivity contribution is 5.97. The Morgan fingerprint density at radius 3 is 2.63 bits per heavy atom. The molecule has 1 aromatic carbocycles. The summed E-state index contributed by atoms with van der Waals surface area (Å²) in [7, 11) is 0. The monoisotopic (exact) mass is 263 g/mol. The highest BCUT2D eigenvalue weighted by atomic mass is 16.5. The number of aliphatic hydroxyl groups excluding tert-OH is 1. The van der Waals surface area contributed by atoms with E-state index in [9.17, 15) is 4.79 Å². The number of aliphatic hydroxyl groups is 1. The molecule has 1 aliphatic heterocycles. The Morgan fingerprint density at radius 1 is 1.37 bits per heavy atom. The second-order valence-electron chi connectivity index (χ2n) is 5.11. The van der Waals surface area contributed by atoms with Crippen LogP contribution in [0.15, 0.2) is 24.3 Å². The van der Waals surface area contributed by atoms with Crippen molar-refractivity contribution in [2.75, 3.05) is 24.7 Å². The van der Waals surface area contributed by atoms with E-state index in [2.05, 4.69) is 26.0 Å². The largest absolute Gasteiger partial charge is 0.396 e. The predicted octanol–water partition coefficient (Wildman–Crippen LogP) is 1.92. The molecule has 1 aliphatic rings. The summed E-state index contributed by atoms with van der Waals surface area (Å²) in [6.07, 6.45) is -0.150. The van der Waals surface area contributed by atoms with Crippen LogP contribution < -0.4 is 4.90 Å². The van der Waals surface area contributed by atoms with Gasteiger partial charge in [0.25, 0.3) is 5.91 Å². The summed E-state index contributed by atoms with van der Waals surface area (Å²) < 4.78 is 5.39. The molecule has 104 valence electrons. The Bertz CT molecular complexity index is 426. The molecule has 0 aliphatic carbocycles. The van der Waals surface area contributed by atoms with E-state index in [1.807, 2.05) is 12.1 Å². The molecule has 2 rings (SSSR count). The van der Waals surface area contributed by atoms with Gasteiger partial charge in [-0.3, -0.25) is 4.79 Å². The second-order valence-corrected chi connectivity index (χ2v) is 5.11. The third kappa shape index (κ3) is 3.14. The summed E-state index contributed by atoms with van der Waals surface area (Å²) >= 11 is 0. The van der Waals surface area contributed by atoms with Gasteiger partial charge in [0.1, 0.15) is 6.10 Å². The van der Waals surface area contributed by atoms with Crippen molar-refractivity contribution in [2.24, 2.45) is 0 Å². The van der Waals surface area contributed by atoms with Gasteiger partial charge in [0.2, 0.25) is 0 Å². The fourth-order valence-corrected chi connectivity index (χ4v) is 2.26. The van der Waals surface area contributed by atoms with Gasteiger partial charge in [-0.25, -0.2) is 0 Å². The quantitative estimate of drug-likeness (QED) is 0.903. The van der Waals surface area contributed by atoms with Crippen molar-refractivity contribution in [1.29, 1.82) is 0 Å². The van der Waals surface area contributed by atoms with Crippen molar-refractivity contribution in [2.45, 2.75) is 32.3 Å². The van der Waals surface area contributed by atoms with E-state index in [4.69, 9.17) is 9.84 Å². The summed E-state index contributed by atoms with van der Waals surface area (Å²) in [5.41, 5.74) is 2.16. The minimum atomic E-state index is -0.511. The second kappa shape index (κ2) is 6.17. The van der Waals surface area contributed by atoms with Crippen LogP contribution in [-0.2, 0) is 9.53 Å². The van der Waals surface area contributed by atoms with Crippen LogP contribution in [0.2, 0.25) is 0 Å². The lowest BCUT2D eigenvalue weighted by Crippen LogP contribution is -2.48. The van der Waals surface area contributed by atoms with Gasteiger partial charge < -0.3 is 14.7 Å². The molecule has 1 aromatic rings. The molecule has 0 bridgehead atoms. The summed E-state index contributed by atoms with van der Waals surface area (Å²) in [4.78, 5) is 14.0. The predicted molar refractivity (Wildman–Crippen MR) is 74.3 cm³/mol. The SMILES string of the molecule is CC(C)c1ccc(N2CCOC(CCO)C2=O)cc1. The minimum absolute atomic E-state index is 0.0312. The number of ether oxygens (including phenoxy) is 1. The van der Waals surface area contributed by atoms with Crippen molar-refractivity contribution >= 4 is 11.6 Å². The lowest BCUT2D eigenvalue weighted by molar-refractivity contribution is -0.134. The maximum Gasteiger partial charge on any atom is 0.256 e. The number of hydrogen-bond acceptors (Lipinski definition) is 3. The van der Waals surface area contributed by atoms with Crippen LogP contribution in [-0.4, -0.2) is 36.9 Å². The smallest absolute Gasteiger partial charge is 0.256 e. The van der Waals surface area contributed by atoms with Crippen molar-refractivity contribution in [3.05, 3.63) is 29.8 Å². The molecule has 1 heterocycles. The first kappa shape index (κ1) is 14.0. The fraction of sp³-hybridized carbons (Fsp3) is 0.533. The Kier molecular flexibility index (Phi) is 4.56. The zero-order valence-corrected chi connectivity index (χ0v) is 11.5. The molecular formula is C15H21NO3. The van der Waals surface area contributed by atoms with Crippen LogP contribution in [0.25, 0.3) is 0 Å². The molecule has 1 N–H and O–H groups in total. The normalized spacial score (nSPS) is 20.1. The molecule has 0 saturated carbocycles. The van der Waals surface area contributed by atoms with E-state index in [1.54, 1.807) is 4.90 Å². The molecule has 0 aromatic heterocycles. The van der Waals surface area contributed by atoms with E-state index in [0.717, 1.165) is 5.69 Å². The van der Waals surface area contributed by atoms with E-state index in [-0.39, 0.29) is 12.5 Å². The summed E-state index contributed by atoms with van der Waals surface area (Å²) in [5, 5.41) is 8.94. The Hall–Kier alpha value is -1.39. The van der Waals surface area contributed by atoms with Gasteiger partial charge in [0, 0.05) is 25.3 Å². The molecule has 1 atom stereocenters. The van der Waals surface area contributed by atoms with Gasteiger partial charge in [-0.05, 0) is 23.6 Å². The van der Waals surface area contributed by atoms with Gasteiger partial charge in [0.15, 0.2) is 0 Å². The molecule has 0 radical (unpaired) electrons. The number of nitrogens with zero attached hydrogens (tertiary/aromatic N) is 1. The number of rotatable bonds is 4. The van der Waals surface area contributed by atoms with Crippen LogP contribution in [0.4, 0.5) is 5.69 Å². The first-order valence-electron chi connectivity index (χ1n) is 6.77. The van der Waals surface area contributed by atoms with Crippen molar-refractivity contribution in [3.8, 4) is 0 Å². The molecule has 1 unspecified atom stereocenters. The van der Waals surface area contributed by atoms with Gasteiger partial charge in [0.05, 0.1) is 6.61 Å². The van der Waals surface area contributed by atoms with Crippen molar-refractivity contribution < 1.29 is 14.6 Å². The average Bonchev–Trinajstić information content (AvgIpc) is 2.41. The van der Waals surface area contributed by atoms with Crippen LogP contribution >= 0.6 is 0 Å². The molecule has 1 amide bonds. The number of carbonyl (C=O) groups excluding carboxylic acids is 1. The van der Waals surface area contributed by atoms with Crippen LogP contribution in [0.3, 0.4) is 0 Å². The molecule has 4 heteroatoms. The van der Waals surface area contributed by atoms with E-state index >= 15 is 0 Å². The highest BCUT2D eigenvalue weighted by Crippen LogP contribution is 2.23. The van der Waals surface area contributed by atoms with Crippen molar-refractivity contribution in [3.63, 3.8) is 0 Å². The average molecular weight is 263 g/mol. The number of benzene rings is 1. The number of carbonyl (C=O) groups is 1. The number of morpholine rings is 1. The lowest BCUT2D eigenvalue weighted by Gasteiger charge is -2.32. The van der Waals surface area contributed by atoms with E-state index in [0.29, 0.717) is 25.5 Å². The van der Waals surface area contributed by atoms with Gasteiger partial charge >= 0.3 is 0 Å². The third-order valence-corrected chi connectivity index (χ3v) is 3.44. The number of anilines is 1. The van der Waals surface area contributed by atoms with Crippen LogP contribution in [0.1, 0.15) is 31.7 Å². The van der Waals surface area contributed by atoms with E-state index in [1.165, 1.54) is 5.56 Å². The molecule has 1 saturated heterocycles. The van der Waals surface area contributed by atoms with Gasteiger partial charge in [-0.2, -0.15) is 0 Å². The highest BCUT2D eigenvalue weighted by Gasteiger charge is 2.29. The van der Waals surface area contributed by atoms with Crippen LogP contribution in [0.5, 0.6) is 0 Å². The van der Waals surface area contributed by atoms with Gasteiger partial charge in [-0.15, -0.1) is 0 Å². The standard InChI is InChI=1S/C15H21NO3/c1-11(2)12-3-5-13(6-4-12)16-8-10-19-14(7-9-17)15(16)18/h3-6,11,14,17H,7-10H2,1-2H3. The Labute approximate surface area is 114 Å². The minimum Gasteiger partial charge on any atom is -0.396 e. The first-order valence-corrected chi connectivity index (χ1v) is 6.77. The molecule has 0 spiro atoms. The maximum atomic E-state index is 12.2. The summed E-state index contributed by atoms with van der Waals surface area (Å²) in [6, 6.07) is 8.08. The maximum absolute atomic E-state index is 12.2. The molecular weight excluding hydrogens is 242 g/mol. The van der Waals surface area contributed by atoms with Crippen molar-refractivity contribution in [1.82, 2.24) is 0 Å². The lowest BCUT2D eigenvalue weighted by atomic mass is 10.0. The fourth-order valence-electron chi connectivity index (χ4n) is 2.26. The van der Waals surface area contributed by atoms with Crippen LogP contribution in [0, 0.1) is 0 Å². The van der Waals surface area contributed by atoms with E-state index < -0.39 is 6.10 Å². The third-order valence-electron chi connectivity index (χ3n) is 3.44. The summed E-state index contributed by atoms with van der Waals surface area (Å²) in [6.45, 7) is 5.35. The number of hydrogen-bond donors (Lipinski definition) is 1. The molecule has 1 fully saturated rings. The Balaban J connectivity index is 2.14. The topological polar surface area (TPSA) is 49.8 Å². The molecule has 4 nitrogen and oxygen atoms in total. The molecule has 19 heavy (non-hydrogen) atoms. The first-order chi connectivity index (χ1) is 9.13. The van der Waals surface area contributed by atoms with Gasteiger partial charge in [-0.1, -0.05) is 26.0 Å². The zero-order chi connectivity index (χ0) is 13.8.